The second-order valence-corrected chi connectivity index (χ2v) is 4.53. The number of nitrogens with zero attached hydrogens (tertiary/aromatic N) is 2. The molecular weight excluding hydrogens is 351 g/mol. The van der Waals surface area contributed by atoms with Gasteiger partial charge in [-0.1, -0.05) is 0 Å². The van der Waals surface area contributed by atoms with E-state index in [-0.39, 0.29) is 35.1 Å². The number of hydrogen-bond acceptors (Lipinski definition) is 3. The molecule has 0 unspecified atom stereocenters. The maximum atomic E-state index is 12.8. The first-order valence-electron chi connectivity index (χ1n) is 6.40. The number of Topliss-reactive ketones (excluding diaryl/α,β-unsaturated/α-hetero) is 1. The second-order valence-electron chi connectivity index (χ2n) is 4.53. The van der Waals surface area contributed by atoms with Crippen LogP contribution in [-0.2, 0) is 6.54 Å². The largest absolute Gasteiger partial charge is 1.00 e. The number of carbonyl (C=O) groups is 1. The van der Waals surface area contributed by atoms with Gasteiger partial charge < -0.3 is 21.4 Å². The van der Waals surface area contributed by atoms with Gasteiger partial charge in [-0.3, -0.25) is 4.79 Å². The summed E-state index contributed by atoms with van der Waals surface area (Å²) in [5, 5.41) is 0. The maximum Gasteiger partial charge on any atom is 0.287 e. The fourth-order valence-corrected chi connectivity index (χ4v) is 1.94. The number of furan rings is 1. The molecule has 0 atom stereocenters. The van der Waals surface area contributed by atoms with Crippen LogP contribution in [0.15, 0.2) is 65.7 Å². The summed E-state index contributed by atoms with van der Waals surface area (Å²) >= 11 is 0. The summed E-state index contributed by atoms with van der Waals surface area (Å²) in [5.41, 5.74) is 1.17. The van der Waals surface area contributed by atoms with Crippen molar-refractivity contribution in [3.05, 3.63) is 72.6 Å². The summed E-state index contributed by atoms with van der Waals surface area (Å²) in [7, 11) is 0. The van der Waals surface area contributed by atoms with Crippen molar-refractivity contribution in [2.45, 2.75) is 6.54 Å². The second kappa shape index (κ2) is 7.09. The van der Waals surface area contributed by atoms with Gasteiger partial charge in [-0.25, -0.2) is 8.96 Å². The van der Waals surface area contributed by atoms with Crippen LogP contribution in [0.3, 0.4) is 0 Å². The molecule has 3 rings (SSSR count). The van der Waals surface area contributed by atoms with Crippen molar-refractivity contribution in [2.24, 2.45) is 0 Å². The normalized spacial score (nSPS) is 10.0. The van der Waals surface area contributed by atoms with Gasteiger partial charge in [0.05, 0.1) is 12.5 Å². The quantitative estimate of drug-likeness (QED) is 0.471. The van der Waals surface area contributed by atoms with E-state index in [1.165, 1.54) is 24.3 Å². The molecule has 0 aliphatic heterocycles. The molecule has 0 fully saturated rings. The molecule has 0 saturated heterocycles. The molecule has 112 valence electrons. The summed E-state index contributed by atoms with van der Waals surface area (Å²) in [5.74, 6) is 0.211. The number of rotatable bonds is 4. The zero-order chi connectivity index (χ0) is 14.7. The van der Waals surface area contributed by atoms with Crippen LogP contribution in [-0.4, -0.2) is 10.8 Å². The van der Waals surface area contributed by atoms with Gasteiger partial charge in [0.2, 0.25) is 11.5 Å². The number of halogens is 2. The Morgan fingerprint density at radius 2 is 1.95 bits per heavy atom. The Hall–Kier alpha value is -2.34. The van der Waals surface area contributed by atoms with E-state index < -0.39 is 0 Å². The Morgan fingerprint density at radius 3 is 2.55 bits per heavy atom. The molecule has 0 bridgehead atoms. The number of ketones is 1. The minimum Gasteiger partial charge on any atom is -1.00 e. The number of carbonyl (C=O) groups excluding carboxylic acids is 1. The SMILES string of the molecule is O=C(C[n+]1ccc(-c2ccco2)nc1)c1ccc(F)cc1.[Br-]. The first-order valence-corrected chi connectivity index (χ1v) is 6.40. The van der Waals surface area contributed by atoms with Crippen molar-refractivity contribution in [2.75, 3.05) is 0 Å². The summed E-state index contributed by atoms with van der Waals surface area (Å²) in [4.78, 5) is 16.3. The molecule has 0 amide bonds. The molecule has 0 radical (unpaired) electrons. The highest BCUT2D eigenvalue weighted by molar-refractivity contribution is 5.94. The van der Waals surface area contributed by atoms with Gasteiger partial charge in [-0.2, -0.15) is 0 Å². The van der Waals surface area contributed by atoms with Crippen LogP contribution in [0.25, 0.3) is 11.5 Å². The van der Waals surface area contributed by atoms with Gasteiger partial charge in [-0.05, 0) is 41.4 Å². The maximum absolute atomic E-state index is 12.8. The van der Waals surface area contributed by atoms with Gasteiger partial charge in [0.15, 0.2) is 12.3 Å². The third kappa shape index (κ3) is 3.65. The fraction of sp³-hybridized carbons (Fsp3) is 0.0625. The van der Waals surface area contributed by atoms with E-state index in [4.69, 9.17) is 4.42 Å². The van der Waals surface area contributed by atoms with Crippen LogP contribution < -0.4 is 21.5 Å². The van der Waals surface area contributed by atoms with E-state index in [9.17, 15) is 9.18 Å². The van der Waals surface area contributed by atoms with E-state index in [2.05, 4.69) is 4.98 Å². The molecule has 3 aromatic rings. The van der Waals surface area contributed by atoms with Crippen LogP contribution in [0.1, 0.15) is 10.4 Å². The lowest BCUT2D eigenvalue weighted by Gasteiger charge is -2.00. The Balaban J connectivity index is 0.00000176. The highest BCUT2D eigenvalue weighted by atomic mass is 79.9. The van der Waals surface area contributed by atoms with Crippen LogP contribution in [0.4, 0.5) is 4.39 Å². The van der Waals surface area contributed by atoms with Gasteiger partial charge >= 0.3 is 0 Å². The predicted octanol–water partition coefficient (Wildman–Crippen LogP) is -0.345. The highest BCUT2D eigenvalue weighted by Gasteiger charge is 2.12. The lowest BCUT2D eigenvalue weighted by Crippen LogP contribution is -3.00. The van der Waals surface area contributed by atoms with Gasteiger partial charge in [0.25, 0.3) is 6.33 Å². The molecule has 0 aliphatic rings. The van der Waals surface area contributed by atoms with E-state index >= 15 is 0 Å². The van der Waals surface area contributed by atoms with Crippen molar-refractivity contribution in [3.63, 3.8) is 0 Å². The predicted molar refractivity (Wildman–Crippen MR) is 72.9 cm³/mol. The van der Waals surface area contributed by atoms with Gasteiger partial charge in [0, 0.05) is 11.6 Å². The third-order valence-electron chi connectivity index (χ3n) is 3.04. The van der Waals surface area contributed by atoms with Crippen LogP contribution in [0.2, 0.25) is 0 Å². The first kappa shape index (κ1) is 16.0. The third-order valence-corrected chi connectivity index (χ3v) is 3.04. The Kier molecular flexibility index (Phi) is 5.16. The first-order chi connectivity index (χ1) is 10.2. The van der Waals surface area contributed by atoms with Crippen LogP contribution >= 0.6 is 0 Å². The number of aromatic nitrogens is 2. The van der Waals surface area contributed by atoms with Crippen molar-refractivity contribution < 1.29 is 35.2 Å². The van der Waals surface area contributed by atoms with Crippen LogP contribution in [0.5, 0.6) is 0 Å². The minimum absolute atomic E-state index is 0. The van der Waals surface area contributed by atoms with E-state index in [0.717, 1.165) is 0 Å². The zero-order valence-electron chi connectivity index (χ0n) is 11.4. The molecule has 2 heterocycles. The molecule has 2 aromatic heterocycles. The summed E-state index contributed by atoms with van der Waals surface area (Å²) in [6, 6.07) is 10.9. The smallest absolute Gasteiger partial charge is 0.287 e. The minimum atomic E-state index is -0.358. The number of benzene rings is 1. The fourth-order valence-electron chi connectivity index (χ4n) is 1.94. The lowest BCUT2D eigenvalue weighted by molar-refractivity contribution is -0.686. The Morgan fingerprint density at radius 1 is 1.18 bits per heavy atom. The van der Waals surface area contributed by atoms with E-state index in [0.29, 0.717) is 17.0 Å². The molecule has 0 aliphatic carbocycles. The monoisotopic (exact) mass is 362 g/mol. The summed E-state index contributed by atoms with van der Waals surface area (Å²) in [6.07, 6.45) is 4.90. The Labute approximate surface area is 137 Å². The van der Waals surface area contributed by atoms with Gasteiger partial charge in [-0.15, -0.1) is 0 Å². The van der Waals surface area contributed by atoms with Gasteiger partial charge in [0.1, 0.15) is 5.82 Å². The molecular formula is C16H12BrFN2O2. The average Bonchev–Trinajstić information content (AvgIpc) is 3.03. The molecule has 6 heteroatoms. The highest BCUT2D eigenvalue weighted by Crippen LogP contribution is 2.14. The molecule has 0 spiro atoms. The van der Waals surface area contributed by atoms with Crippen molar-refractivity contribution in [1.82, 2.24) is 4.98 Å². The van der Waals surface area contributed by atoms with E-state index in [1.807, 2.05) is 6.07 Å². The topological polar surface area (TPSA) is 47.0 Å². The molecule has 0 saturated carbocycles. The summed E-state index contributed by atoms with van der Waals surface area (Å²) < 4.78 is 19.7. The Bertz CT molecular complexity index is 741. The van der Waals surface area contributed by atoms with E-state index in [1.54, 1.807) is 35.5 Å². The average molecular weight is 363 g/mol. The van der Waals surface area contributed by atoms with Crippen molar-refractivity contribution in [3.8, 4) is 11.5 Å². The van der Waals surface area contributed by atoms with Crippen LogP contribution in [0, 0.1) is 5.82 Å². The number of hydrogen-bond donors (Lipinski definition) is 0. The zero-order valence-corrected chi connectivity index (χ0v) is 13.0. The summed E-state index contributed by atoms with van der Waals surface area (Å²) in [6.45, 7) is 0.150. The lowest BCUT2D eigenvalue weighted by atomic mass is 10.1. The van der Waals surface area contributed by atoms with Crippen molar-refractivity contribution >= 4 is 5.78 Å². The molecule has 22 heavy (non-hydrogen) atoms. The van der Waals surface area contributed by atoms with Crippen molar-refractivity contribution in [1.29, 1.82) is 0 Å². The molecule has 0 N–H and O–H groups in total. The standard InChI is InChI=1S/C16H12FN2O2.BrH/c17-13-5-3-12(4-6-13)15(20)10-19-8-7-14(18-11-19)16-2-1-9-21-16;/h1-9,11H,10H2;1H/q+1;/p-1. The molecule has 4 nitrogen and oxygen atoms in total. The molecule has 1 aromatic carbocycles.